The Labute approximate surface area is 117 Å². The van der Waals surface area contributed by atoms with Crippen molar-refractivity contribution in [3.8, 4) is 5.75 Å². The molecular formula is C16H16N2O2. The first-order chi connectivity index (χ1) is 9.74. The maximum atomic E-state index is 12.4. The minimum atomic E-state index is -0.345. The van der Waals surface area contributed by atoms with Crippen molar-refractivity contribution in [3.63, 3.8) is 0 Å². The molecule has 0 saturated carbocycles. The largest absolute Gasteiger partial charge is 0.508 e. The van der Waals surface area contributed by atoms with Gasteiger partial charge in [0.1, 0.15) is 11.8 Å². The van der Waals surface area contributed by atoms with Gasteiger partial charge in [0, 0.05) is 18.3 Å². The molecule has 1 aliphatic heterocycles. The van der Waals surface area contributed by atoms with Crippen LogP contribution < -0.4 is 10.6 Å². The van der Waals surface area contributed by atoms with E-state index in [1.54, 1.807) is 18.2 Å². The molecule has 0 aliphatic carbocycles. The van der Waals surface area contributed by atoms with Crippen molar-refractivity contribution in [2.24, 2.45) is 0 Å². The summed E-state index contributed by atoms with van der Waals surface area (Å²) in [5, 5.41) is 15.5. The molecule has 1 amide bonds. The average molecular weight is 268 g/mol. The lowest BCUT2D eigenvalue weighted by atomic mass is 9.94. The predicted octanol–water partition coefficient (Wildman–Crippen LogP) is 2.22. The number of fused-ring (bicyclic) bond motifs is 1. The van der Waals surface area contributed by atoms with Crippen molar-refractivity contribution in [2.75, 3.05) is 11.9 Å². The number of phenols is 1. The Morgan fingerprint density at radius 1 is 1.20 bits per heavy atom. The van der Waals surface area contributed by atoms with Gasteiger partial charge in [0.25, 0.3) is 0 Å². The zero-order chi connectivity index (χ0) is 13.9. The number of hydrogen-bond acceptors (Lipinski definition) is 3. The third kappa shape index (κ3) is 2.51. The van der Waals surface area contributed by atoms with E-state index in [-0.39, 0.29) is 17.7 Å². The number of anilines is 1. The molecule has 1 unspecified atom stereocenters. The first-order valence-corrected chi connectivity index (χ1v) is 6.65. The molecule has 3 N–H and O–H groups in total. The Morgan fingerprint density at radius 2 is 2.05 bits per heavy atom. The molecule has 4 heteroatoms. The number of benzene rings is 2. The number of rotatable bonds is 2. The second-order valence-corrected chi connectivity index (χ2v) is 4.88. The Morgan fingerprint density at radius 3 is 2.90 bits per heavy atom. The summed E-state index contributed by atoms with van der Waals surface area (Å²) in [6, 6.07) is 14.2. The van der Waals surface area contributed by atoms with E-state index in [9.17, 15) is 9.90 Å². The molecule has 0 saturated heterocycles. The molecule has 3 rings (SSSR count). The van der Waals surface area contributed by atoms with Gasteiger partial charge in [-0.3, -0.25) is 4.79 Å². The zero-order valence-electron chi connectivity index (χ0n) is 11.0. The Bertz CT molecular complexity index is 640. The van der Waals surface area contributed by atoms with E-state index in [1.165, 1.54) is 11.6 Å². The standard InChI is InChI=1S/C16H16N2O2/c19-13-6-3-5-12(10-13)18-16(20)15-14-7-2-1-4-11(14)8-9-17-15/h1-7,10,15,17,19H,8-9H2,(H,18,20). The van der Waals surface area contributed by atoms with Crippen LogP contribution in [0.1, 0.15) is 17.2 Å². The summed E-state index contributed by atoms with van der Waals surface area (Å²) in [5.41, 5.74) is 2.83. The van der Waals surface area contributed by atoms with Gasteiger partial charge in [0.2, 0.25) is 5.91 Å². The van der Waals surface area contributed by atoms with E-state index in [0.29, 0.717) is 5.69 Å². The Balaban J connectivity index is 1.82. The summed E-state index contributed by atoms with van der Waals surface area (Å²) in [4.78, 5) is 12.4. The van der Waals surface area contributed by atoms with E-state index in [1.807, 2.05) is 18.2 Å². The van der Waals surface area contributed by atoms with Gasteiger partial charge in [-0.2, -0.15) is 0 Å². The van der Waals surface area contributed by atoms with Gasteiger partial charge < -0.3 is 15.7 Å². The van der Waals surface area contributed by atoms with Crippen LogP contribution in [0.4, 0.5) is 5.69 Å². The average Bonchev–Trinajstić information content (AvgIpc) is 2.46. The number of carbonyl (C=O) groups excluding carboxylic acids is 1. The fraction of sp³-hybridized carbons (Fsp3) is 0.188. The number of carbonyl (C=O) groups is 1. The van der Waals surface area contributed by atoms with Gasteiger partial charge in [-0.05, 0) is 29.7 Å². The van der Waals surface area contributed by atoms with E-state index in [0.717, 1.165) is 18.5 Å². The highest BCUT2D eigenvalue weighted by Gasteiger charge is 2.25. The molecule has 4 nitrogen and oxygen atoms in total. The molecular weight excluding hydrogens is 252 g/mol. The number of hydrogen-bond donors (Lipinski definition) is 3. The van der Waals surface area contributed by atoms with E-state index < -0.39 is 0 Å². The summed E-state index contributed by atoms with van der Waals surface area (Å²) in [5.74, 6) is 0.0301. The number of amides is 1. The molecule has 1 atom stereocenters. The molecule has 0 radical (unpaired) electrons. The molecule has 2 aromatic carbocycles. The third-order valence-corrected chi connectivity index (χ3v) is 3.48. The lowest BCUT2D eigenvalue weighted by Gasteiger charge is -2.26. The van der Waals surface area contributed by atoms with Gasteiger partial charge in [0.05, 0.1) is 0 Å². The highest BCUT2D eigenvalue weighted by molar-refractivity contribution is 5.96. The highest BCUT2D eigenvalue weighted by Crippen LogP contribution is 2.24. The predicted molar refractivity (Wildman–Crippen MR) is 77.6 cm³/mol. The van der Waals surface area contributed by atoms with E-state index in [2.05, 4.69) is 16.7 Å². The molecule has 20 heavy (non-hydrogen) atoms. The molecule has 0 fully saturated rings. The van der Waals surface area contributed by atoms with Crippen molar-refractivity contribution in [1.29, 1.82) is 0 Å². The van der Waals surface area contributed by atoms with Crippen LogP contribution in [0.5, 0.6) is 5.75 Å². The fourth-order valence-electron chi connectivity index (χ4n) is 2.54. The molecule has 0 aromatic heterocycles. The van der Waals surface area contributed by atoms with E-state index in [4.69, 9.17) is 0 Å². The summed E-state index contributed by atoms with van der Waals surface area (Å²) in [7, 11) is 0. The molecule has 2 aromatic rings. The Hall–Kier alpha value is -2.33. The maximum Gasteiger partial charge on any atom is 0.246 e. The van der Waals surface area contributed by atoms with Crippen molar-refractivity contribution < 1.29 is 9.90 Å². The van der Waals surface area contributed by atoms with Crippen LogP contribution in [-0.2, 0) is 11.2 Å². The molecule has 0 spiro atoms. The summed E-state index contributed by atoms with van der Waals surface area (Å²) in [6.07, 6.45) is 0.937. The zero-order valence-corrected chi connectivity index (χ0v) is 11.0. The van der Waals surface area contributed by atoms with Gasteiger partial charge in [-0.1, -0.05) is 30.3 Å². The lowest BCUT2D eigenvalue weighted by molar-refractivity contribution is -0.118. The maximum absolute atomic E-state index is 12.4. The first kappa shape index (κ1) is 12.7. The number of phenolic OH excluding ortho intramolecular Hbond substituents is 1. The molecule has 1 heterocycles. The van der Waals surface area contributed by atoms with Crippen molar-refractivity contribution >= 4 is 11.6 Å². The summed E-state index contributed by atoms with van der Waals surface area (Å²) < 4.78 is 0. The van der Waals surface area contributed by atoms with Crippen molar-refractivity contribution in [3.05, 3.63) is 59.7 Å². The second-order valence-electron chi connectivity index (χ2n) is 4.88. The molecule has 1 aliphatic rings. The van der Waals surface area contributed by atoms with Crippen LogP contribution in [0.2, 0.25) is 0 Å². The van der Waals surface area contributed by atoms with Crippen molar-refractivity contribution in [2.45, 2.75) is 12.5 Å². The van der Waals surface area contributed by atoms with Crippen LogP contribution in [0.15, 0.2) is 48.5 Å². The quantitative estimate of drug-likeness (QED) is 0.782. The fourth-order valence-corrected chi connectivity index (χ4v) is 2.54. The minimum Gasteiger partial charge on any atom is -0.508 e. The topological polar surface area (TPSA) is 61.4 Å². The van der Waals surface area contributed by atoms with Gasteiger partial charge >= 0.3 is 0 Å². The summed E-state index contributed by atoms with van der Waals surface area (Å²) in [6.45, 7) is 0.787. The first-order valence-electron chi connectivity index (χ1n) is 6.65. The monoisotopic (exact) mass is 268 g/mol. The number of nitrogens with one attached hydrogen (secondary N) is 2. The van der Waals surface area contributed by atoms with Crippen LogP contribution in [0, 0.1) is 0 Å². The SMILES string of the molecule is O=C(Nc1cccc(O)c1)C1NCCc2ccccc21. The normalized spacial score (nSPS) is 17.3. The van der Waals surface area contributed by atoms with Crippen LogP contribution in [-0.4, -0.2) is 17.6 Å². The van der Waals surface area contributed by atoms with Gasteiger partial charge in [-0.25, -0.2) is 0 Å². The van der Waals surface area contributed by atoms with E-state index >= 15 is 0 Å². The smallest absolute Gasteiger partial charge is 0.246 e. The van der Waals surface area contributed by atoms with Crippen molar-refractivity contribution in [1.82, 2.24) is 5.32 Å². The number of aromatic hydroxyl groups is 1. The highest BCUT2D eigenvalue weighted by atomic mass is 16.3. The minimum absolute atomic E-state index is 0.109. The van der Waals surface area contributed by atoms with Crippen LogP contribution in [0.3, 0.4) is 0 Å². The third-order valence-electron chi connectivity index (χ3n) is 3.48. The second kappa shape index (κ2) is 5.35. The van der Waals surface area contributed by atoms with Crippen LogP contribution >= 0.6 is 0 Å². The van der Waals surface area contributed by atoms with Crippen LogP contribution in [0.25, 0.3) is 0 Å². The van der Waals surface area contributed by atoms with Gasteiger partial charge in [-0.15, -0.1) is 0 Å². The molecule has 102 valence electrons. The molecule has 0 bridgehead atoms. The Kier molecular flexibility index (Phi) is 3.39. The van der Waals surface area contributed by atoms with Gasteiger partial charge in [0.15, 0.2) is 0 Å². The summed E-state index contributed by atoms with van der Waals surface area (Å²) >= 11 is 0. The lowest BCUT2D eigenvalue weighted by Crippen LogP contribution is -2.38.